The fraction of sp³-hybridized carbons (Fsp3) is 0.200. The Bertz CT molecular complexity index is 491. The number of rotatable bonds is 2. The van der Waals surface area contributed by atoms with E-state index in [0.29, 0.717) is 15.8 Å². The minimum Gasteiger partial charge on any atom is -0.294 e. The van der Waals surface area contributed by atoms with Gasteiger partial charge in [-0.05, 0) is 18.2 Å². The number of halogens is 4. The predicted molar refractivity (Wildman–Crippen MR) is 68.9 cm³/mol. The van der Waals surface area contributed by atoms with E-state index < -0.39 is 11.7 Å². The summed E-state index contributed by atoms with van der Waals surface area (Å²) in [5.74, 6) is 6.24. The number of benzene rings is 1. The van der Waals surface area contributed by atoms with Crippen molar-refractivity contribution in [1.82, 2.24) is 5.01 Å². The van der Waals surface area contributed by atoms with Gasteiger partial charge in [-0.1, -0.05) is 23.4 Å². The molecule has 1 heterocycles. The van der Waals surface area contributed by atoms with E-state index >= 15 is 0 Å². The maximum Gasteiger partial charge on any atom is 0.416 e. The minimum absolute atomic E-state index is 0.277. The van der Waals surface area contributed by atoms with Gasteiger partial charge in [0.15, 0.2) is 0 Å². The van der Waals surface area contributed by atoms with Crippen LogP contribution in [-0.2, 0) is 6.18 Å². The lowest BCUT2D eigenvalue weighted by Gasteiger charge is -2.15. The molecule has 1 aromatic rings. The number of hydrogen-bond acceptors (Lipinski definition) is 4. The summed E-state index contributed by atoms with van der Waals surface area (Å²) >= 11 is 8.49. The molecular formula is C10H8ClF3N2S2. The zero-order chi connectivity index (χ0) is 13.3. The lowest BCUT2D eigenvalue weighted by Crippen LogP contribution is -2.25. The highest BCUT2D eigenvalue weighted by molar-refractivity contribution is 8.06. The molecule has 0 saturated carbocycles. The smallest absolute Gasteiger partial charge is 0.294 e. The molecule has 0 unspecified atom stereocenters. The molecule has 0 amide bonds. The third-order valence-electron chi connectivity index (χ3n) is 2.15. The molecule has 0 spiro atoms. The van der Waals surface area contributed by atoms with Gasteiger partial charge in [-0.2, -0.15) is 13.2 Å². The molecule has 1 aliphatic heterocycles. The molecule has 2 nitrogen and oxygen atoms in total. The normalized spacial score (nSPS) is 16.1. The van der Waals surface area contributed by atoms with E-state index in [1.54, 1.807) is 5.41 Å². The Labute approximate surface area is 115 Å². The van der Waals surface area contributed by atoms with Crippen molar-refractivity contribution in [1.29, 1.82) is 0 Å². The Hall–Kier alpha value is -0.500. The van der Waals surface area contributed by atoms with Gasteiger partial charge in [0.05, 0.1) is 21.5 Å². The Kier molecular flexibility index (Phi) is 4.05. The van der Waals surface area contributed by atoms with Crippen molar-refractivity contribution in [3.63, 3.8) is 0 Å². The highest BCUT2D eigenvalue weighted by atomic mass is 35.5. The summed E-state index contributed by atoms with van der Waals surface area (Å²) in [7, 11) is 0. The number of hydrogen-bond donors (Lipinski definition) is 1. The van der Waals surface area contributed by atoms with E-state index in [4.69, 9.17) is 17.4 Å². The average Bonchev–Trinajstić information content (AvgIpc) is 2.66. The van der Waals surface area contributed by atoms with Crippen LogP contribution in [0.4, 0.5) is 13.2 Å². The van der Waals surface area contributed by atoms with Crippen LogP contribution in [0.5, 0.6) is 0 Å². The standard InChI is InChI=1S/C10H8ClF3N2S2/c11-7-2-1-6(10(12,13)14)3-8(7)18-9-4-17-5-16(9)15/h1-4H,5,15H2. The second kappa shape index (κ2) is 5.24. The van der Waals surface area contributed by atoms with E-state index in [2.05, 4.69) is 0 Å². The number of hydrazine groups is 1. The van der Waals surface area contributed by atoms with Crippen molar-refractivity contribution in [2.24, 2.45) is 5.84 Å². The summed E-state index contributed by atoms with van der Waals surface area (Å²) in [6.07, 6.45) is -4.37. The molecule has 8 heteroatoms. The van der Waals surface area contributed by atoms with E-state index in [1.165, 1.54) is 22.8 Å². The van der Waals surface area contributed by atoms with Crippen LogP contribution in [0.25, 0.3) is 0 Å². The second-order valence-corrected chi connectivity index (χ2v) is 5.76. The highest BCUT2D eigenvalue weighted by Gasteiger charge is 2.31. The first-order valence-electron chi connectivity index (χ1n) is 4.76. The molecule has 0 saturated heterocycles. The first-order chi connectivity index (χ1) is 8.38. The van der Waals surface area contributed by atoms with E-state index in [-0.39, 0.29) is 5.02 Å². The maximum absolute atomic E-state index is 12.6. The van der Waals surface area contributed by atoms with Gasteiger partial charge in [-0.3, -0.25) is 5.01 Å². The second-order valence-electron chi connectivity index (χ2n) is 3.47. The Morgan fingerprint density at radius 2 is 2.11 bits per heavy atom. The van der Waals surface area contributed by atoms with E-state index in [1.807, 2.05) is 0 Å². The first kappa shape index (κ1) is 13.9. The lowest BCUT2D eigenvalue weighted by molar-refractivity contribution is -0.137. The van der Waals surface area contributed by atoms with Crippen molar-refractivity contribution in [2.75, 3.05) is 5.88 Å². The molecule has 2 rings (SSSR count). The fourth-order valence-corrected chi connectivity index (χ4v) is 3.40. The summed E-state index contributed by atoms with van der Waals surface area (Å²) in [6, 6.07) is 3.24. The lowest BCUT2D eigenvalue weighted by atomic mass is 10.2. The zero-order valence-corrected chi connectivity index (χ0v) is 11.3. The fourth-order valence-electron chi connectivity index (χ4n) is 1.27. The number of alkyl halides is 3. The predicted octanol–water partition coefficient (Wildman–Crippen LogP) is 4.13. The van der Waals surface area contributed by atoms with Gasteiger partial charge in [0.2, 0.25) is 0 Å². The quantitative estimate of drug-likeness (QED) is 0.831. The Balaban J connectivity index is 2.27. The van der Waals surface area contributed by atoms with Crippen LogP contribution in [-0.4, -0.2) is 10.9 Å². The summed E-state index contributed by atoms with van der Waals surface area (Å²) in [5.41, 5.74) is -0.718. The van der Waals surface area contributed by atoms with E-state index in [9.17, 15) is 13.2 Å². The third kappa shape index (κ3) is 3.09. The van der Waals surface area contributed by atoms with Crippen LogP contribution in [0.1, 0.15) is 5.56 Å². The molecule has 0 fully saturated rings. The van der Waals surface area contributed by atoms with Crippen LogP contribution in [0.3, 0.4) is 0 Å². The van der Waals surface area contributed by atoms with Gasteiger partial charge in [0, 0.05) is 10.3 Å². The maximum atomic E-state index is 12.6. The summed E-state index contributed by atoms with van der Waals surface area (Å²) in [5, 5.41) is 4.22. The highest BCUT2D eigenvalue weighted by Crippen LogP contribution is 2.40. The van der Waals surface area contributed by atoms with Crippen LogP contribution in [0.2, 0.25) is 5.02 Å². The molecule has 1 aromatic carbocycles. The molecule has 0 aliphatic carbocycles. The van der Waals surface area contributed by atoms with E-state index in [0.717, 1.165) is 23.9 Å². The van der Waals surface area contributed by atoms with Crippen LogP contribution >= 0.6 is 35.1 Å². The van der Waals surface area contributed by atoms with Crippen LogP contribution in [0, 0.1) is 0 Å². The van der Waals surface area contributed by atoms with Crippen LogP contribution < -0.4 is 5.84 Å². The van der Waals surface area contributed by atoms with Crippen LogP contribution in [0.15, 0.2) is 33.5 Å². The summed E-state index contributed by atoms with van der Waals surface area (Å²) in [6.45, 7) is 0. The van der Waals surface area contributed by atoms with Gasteiger partial charge in [-0.15, -0.1) is 11.8 Å². The largest absolute Gasteiger partial charge is 0.416 e. The third-order valence-corrected chi connectivity index (χ3v) is 4.68. The number of nitrogens with zero attached hydrogens (tertiary/aromatic N) is 1. The minimum atomic E-state index is -4.37. The Morgan fingerprint density at radius 3 is 2.67 bits per heavy atom. The van der Waals surface area contributed by atoms with Gasteiger partial charge in [0.25, 0.3) is 0 Å². The summed E-state index contributed by atoms with van der Waals surface area (Å²) < 4.78 is 37.8. The van der Waals surface area contributed by atoms with Crippen molar-refractivity contribution < 1.29 is 13.2 Å². The first-order valence-corrected chi connectivity index (χ1v) is 7.01. The van der Waals surface area contributed by atoms with Crippen molar-refractivity contribution in [3.8, 4) is 0 Å². The number of nitrogens with two attached hydrogens (primary N) is 1. The topological polar surface area (TPSA) is 29.3 Å². The summed E-state index contributed by atoms with van der Waals surface area (Å²) in [4.78, 5) is 0.343. The molecule has 0 atom stereocenters. The molecule has 1 aliphatic rings. The molecule has 98 valence electrons. The average molecular weight is 313 g/mol. The van der Waals surface area contributed by atoms with Gasteiger partial charge >= 0.3 is 6.18 Å². The van der Waals surface area contributed by atoms with Crippen molar-refractivity contribution in [3.05, 3.63) is 39.2 Å². The SMILES string of the molecule is NN1CSC=C1Sc1cc(C(F)(F)F)ccc1Cl. The zero-order valence-electron chi connectivity index (χ0n) is 8.87. The van der Waals surface area contributed by atoms with Gasteiger partial charge in [0.1, 0.15) is 0 Å². The molecule has 0 radical (unpaired) electrons. The molecule has 0 bridgehead atoms. The molecular weight excluding hydrogens is 305 g/mol. The van der Waals surface area contributed by atoms with Crippen molar-refractivity contribution in [2.45, 2.75) is 11.1 Å². The molecule has 2 N–H and O–H groups in total. The number of thioether (sulfide) groups is 2. The monoisotopic (exact) mass is 312 g/mol. The Morgan fingerprint density at radius 1 is 1.39 bits per heavy atom. The van der Waals surface area contributed by atoms with Gasteiger partial charge in [-0.25, -0.2) is 5.84 Å². The van der Waals surface area contributed by atoms with Crippen molar-refractivity contribution >= 4 is 35.1 Å². The molecule has 0 aromatic heterocycles. The van der Waals surface area contributed by atoms with Gasteiger partial charge < -0.3 is 0 Å². The molecule has 18 heavy (non-hydrogen) atoms.